The highest BCUT2D eigenvalue weighted by atomic mass is 35.5. The normalized spacial score (nSPS) is 33.8. The Bertz CT molecular complexity index is 3650. The quantitative estimate of drug-likeness (QED) is 0.0842. The van der Waals surface area contributed by atoms with Crippen molar-refractivity contribution in [3.8, 4) is 35.2 Å². The van der Waals surface area contributed by atoms with Crippen LogP contribution in [0.5, 0.6) is 11.5 Å². The van der Waals surface area contributed by atoms with E-state index in [1.807, 2.05) is 63.3 Å². The van der Waals surface area contributed by atoms with E-state index in [4.69, 9.17) is 42.1 Å². The van der Waals surface area contributed by atoms with Crippen molar-refractivity contribution in [1.29, 1.82) is 0 Å². The van der Waals surface area contributed by atoms with Gasteiger partial charge < -0.3 is 39.0 Å². The molecule has 4 aromatic rings. The molecule has 492 valence electrons. The molecule has 0 radical (unpaired) electrons. The highest BCUT2D eigenvalue weighted by Crippen LogP contribution is 2.52. The number of aryl methyl sites for hydroxylation is 2. The fourth-order valence-electron chi connectivity index (χ4n) is 15.8. The lowest BCUT2D eigenvalue weighted by Gasteiger charge is -2.48. The van der Waals surface area contributed by atoms with E-state index in [0.29, 0.717) is 57.0 Å². The fraction of sp³-hybridized carbons (Fsp3) is 0.521. The summed E-state index contributed by atoms with van der Waals surface area (Å²) in [4.78, 5) is 31.8. The van der Waals surface area contributed by atoms with E-state index in [0.717, 1.165) is 97.9 Å². The third-order valence-corrected chi connectivity index (χ3v) is 26.4. The van der Waals surface area contributed by atoms with E-state index in [-0.39, 0.29) is 70.4 Å². The number of fused-ring (bicyclic) bond motifs is 8. The summed E-state index contributed by atoms with van der Waals surface area (Å²) < 4.78 is 71.3. The molecule has 2 fully saturated rings. The molecule has 8 aliphatic rings. The molecule has 2 amide bonds. The summed E-state index contributed by atoms with van der Waals surface area (Å²) in [5.41, 5.74) is 4.95. The van der Waals surface area contributed by atoms with Crippen molar-refractivity contribution in [2.24, 2.45) is 35.5 Å². The zero-order valence-electron chi connectivity index (χ0n) is 53.7. The second kappa shape index (κ2) is 27.4. The molecule has 1 unspecified atom stereocenters. The number of hydrogen-bond acceptors (Lipinski definition) is 13. The van der Waals surface area contributed by atoms with Crippen molar-refractivity contribution < 1.29 is 51.4 Å². The van der Waals surface area contributed by atoms with Gasteiger partial charge in [-0.15, -0.1) is 0 Å². The number of halogens is 2. The van der Waals surface area contributed by atoms with Crippen molar-refractivity contribution in [2.75, 3.05) is 76.6 Å². The molecule has 2 saturated carbocycles. The number of aliphatic hydroxyl groups excluding tert-OH is 2. The number of sulfonamides is 1. The number of amides is 2. The number of methoxy groups -OCH3 is 2. The predicted molar refractivity (Wildman–Crippen MR) is 366 cm³/mol. The summed E-state index contributed by atoms with van der Waals surface area (Å²) in [6.45, 7) is 10.6. The van der Waals surface area contributed by atoms with Gasteiger partial charge in [0, 0.05) is 89.5 Å². The van der Waals surface area contributed by atoms with Gasteiger partial charge in [0.15, 0.2) is 0 Å². The zero-order chi connectivity index (χ0) is 65.4. The Morgan fingerprint density at radius 1 is 0.630 bits per heavy atom. The number of hydrogen-bond donors (Lipinski definition) is 4. The Kier molecular flexibility index (Phi) is 20.1. The minimum Gasteiger partial charge on any atom is -0.490 e. The SMILES string of the molecule is C=S1(=O)NC(=O)c2ccc3c(c2)N(C[C@@H]2CC[C@H]2[C@](C#CCO)(OC)/C=C/C[C@H](C)[C@H]1C)C[C@@]1(CCCc2cc(Cl)ccc21)CO3.CO[C@@]1(C#CCO)/C=C/C[C@H](C)[C@@H](C)S(=O)(=O)NC(=O)c2ccc3c(c2)N(C[C@@H]2CC[C@H]21)C[C@@]1(CCCc2cc(Cl)ccc21)CO3. The lowest BCUT2D eigenvalue weighted by atomic mass is 9.64. The Morgan fingerprint density at radius 3 is 1.50 bits per heavy atom. The minimum atomic E-state index is -3.98. The van der Waals surface area contributed by atoms with Gasteiger partial charge in [0.05, 0.1) is 39.5 Å². The Labute approximate surface area is 554 Å². The molecular formula is C73H88Cl2N4O11S2. The molecule has 19 heteroatoms. The van der Waals surface area contributed by atoms with Crippen LogP contribution < -0.4 is 28.7 Å². The number of benzene rings is 4. The van der Waals surface area contributed by atoms with Crippen molar-refractivity contribution in [3.05, 3.63) is 141 Å². The average molecular weight is 1330 g/mol. The number of carbonyl (C=O) groups excluding carboxylic acids is 2. The van der Waals surface area contributed by atoms with E-state index in [9.17, 15) is 32.4 Å². The van der Waals surface area contributed by atoms with Crippen molar-refractivity contribution >= 4 is 72.0 Å². The molecule has 4 heterocycles. The number of ether oxygens (including phenoxy) is 4. The number of anilines is 2. The molecule has 4 aliphatic heterocycles. The van der Waals surface area contributed by atoms with Gasteiger partial charge in [0.1, 0.15) is 35.9 Å². The molecular weight excluding hydrogens is 1240 g/mol. The molecule has 13 atom stereocenters. The lowest BCUT2D eigenvalue weighted by Crippen LogP contribution is -2.52. The van der Waals surface area contributed by atoms with Gasteiger partial charge >= 0.3 is 0 Å². The van der Waals surface area contributed by atoms with Gasteiger partial charge in [0.25, 0.3) is 11.8 Å². The van der Waals surface area contributed by atoms with Gasteiger partial charge in [0.2, 0.25) is 10.0 Å². The molecule has 15 nitrogen and oxygen atoms in total. The second-order valence-electron chi connectivity index (χ2n) is 27.2. The van der Waals surface area contributed by atoms with Gasteiger partial charge in [-0.3, -0.25) is 14.3 Å². The van der Waals surface area contributed by atoms with Crippen LogP contribution in [0.15, 0.2) is 97.1 Å². The Balaban J connectivity index is 0.000000188. The van der Waals surface area contributed by atoms with Crippen LogP contribution >= 0.6 is 23.2 Å². The van der Waals surface area contributed by atoms with Crippen LogP contribution in [0.4, 0.5) is 11.4 Å². The van der Waals surface area contributed by atoms with Gasteiger partial charge in [-0.1, -0.05) is 85.0 Å². The predicted octanol–water partition coefficient (Wildman–Crippen LogP) is 10.8. The summed E-state index contributed by atoms with van der Waals surface area (Å²) >= 11 is 12.9. The van der Waals surface area contributed by atoms with E-state index in [1.165, 1.54) is 22.3 Å². The molecule has 0 saturated heterocycles. The van der Waals surface area contributed by atoms with Crippen LogP contribution in [0, 0.1) is 59.2 Å². The number of aliphatic hydroxyl groups is 2. The van der Waals surface area contributed by atoms with Crippen LogP contribution in [0.3, 0.4) is 0 Å². The Hall–Kier alpha value is -5.99. The van der Waals surface area contributed by atoms with Crippen LogP contribution in [-0.2, 0) is 52.9 Å². The van der Waals surface area contributed by atoms with Crippen molar-refractivity contribution in [1.82, 2.24) is 9.44 Å². The van der Waals surface area contributed by atoms with Crippen LogP contribution in [0.1, 0.15) is 135 Å². The number of allylic oxidation sites excluding steroid dienone is 2. The molecule has 12 rings (SSSR count). The Morgan fingerprint density at radius 2 is 1.08 bits per heavy atom. The summed E-state index contributed by atoms with van der Waals surface area (Å²) in [6.07, 6.45) is 18.7. The molecule has 92 heavy (non-hydrogen) atoms. The number of nitrogens with one attached hydrogen (secondary N) is 2. The van der Waals surface area contributed by atoms with Crippen molar-refractivity contribution in [3.63, 3.8) is 0 Å². The fourth-order valence-corrected chi connectivity index (χ4v) is 18.9. The van der Waals surface area contributed by atoms with Gasteiger partial charge in [-0.25, -0.2) is 17.3 Å². The largest absolute Gasteiger partial charge is 0.490 e. The first-order valence-electron chi connectivity index (χ1n) is 32.5. The first-order chi connectivity index (χ1) is 44.0. The zero-order valence-corrected chi connectivity index (χ0v) is 56.9. The lowest BCUT2D eigenvalue weighted by molar-refractivity contribution is -0.0352. The maximum Gasteiger partial charge on any atom is 0.264 e. The van der Waals surface area contributed by atoms with E-state index >= 15 is 0 Å². The smallest absolute Gasteiger partial charge is 0.264 e. The van der Waals surface area contributed by atoms with Gasteiger partial charge in [-0.2, -0.15) is 0 Å². The molecule has 2 spiro atoms. The highest BCUT2D eigenvalue weighted by molar-refractivity contribution is 7.99. The maximum absolute atomic E-state index is 13.8. The van der Waals surface area contributed by atoms with Crippen LogP contribution in [-0.4, -0.2) is 129 Å². The summed E-state index contributed by atoms with van der Waals surface area (Å²) in [6, 6.07) is 23.1. The standard InChI is InChI=1S/C37H45ClN2O5S.C36H43ClN2O6S/c1-25-8-5-17-37(44-3,18-7-19-41)32-13-10-29(32)22-40-23-36(16-6-9-27-20-30(38)12-14-31(27)36)24-45-34-15-11-28(21-33(34)40)35(42)39-46(4,43)26(25)2;1-24-7-4-16-36(44-3,17-6-18-40)31-12-9-28(31)21-39-22-35(15-5-8-26-19-29(37)11-13-30(26)35)23-45-33-14-10-27(20-32(33)39)34(41)38-46(42,43)25(24)2/h5,11-12,14-15,17,20-21,25-26,29,32,41H,4,6,8-10,13,16,19,22-24H2,1-3H3,(H,39,42,43);4,10-11,13-14,16,19-20,24-25,28,31,40H,5,7-9,12,15,18,21-23H2,1-3H3,(H,38,41)/b17-5+;16-4+/t25-,26+,29-,32+,36-,37-,46?;24-,25+,28-,31+,35-,36+/m00/s1. The van der Waals surface area contributed by atoms with Gasteiger partial charge in [-0.05, 0) is 216 Å². The summed E-state index contributed by atoms with van der Waals surface area (Å²) in [5.74, 6) is 16.8. The van der Waals surface area contributed by atoms with E-state index < -0.39 is 48.0 Å². The number of nitrogens with zero attached hydrogens (tertiary/aromatic N) is 2. The number of rotatable bonds is 2. The third-order valence-electron chi connectivity index (χ3n) is 21.8. The maximum atomic E-state index is 13.8. The minimum absolute atomic E-state index is 0.0348. The van der Waals surface area contributed by atoms with Crippen LogP contribution in [0.2, 0.25) is 10.0 Å². The van der Waals surface area contributed by atoms with Crippen LogP contribution in [0.25, 0.3) is 0 Å². The molecule has 4 aliphatic carbocycles. The van der Waals surface area contributed by atoms with E-state index in [2.05, 4.69) is 79.1 Å². The third kappa shape index (κ3) is 13.4. The summed E-state index contributed by atoms with van der Waals surface area (Å²) in [5, 5.41) is 19.6. The van der Waals surface area contributed by atoms with Crippen molar-refractivity contribution in [2.45, 2.75) is 137 Å². The highest BCUT2D eigenvalue weighted by Gasteiger charge is 2.51. The topological polar surface area (TPSA) is 193 Å². The first kappa shape index (κ1) is 67.4. The van der Waals surface area contributed by atoms with E-state index in [1.54, 1.807) is 45.4 Å². The molecule has 4 bridgehead atoms. The monoisotopic (exact) mass is 1330 g/mol. The first-order valence-corrected chi connectivity index (χ1v) is 36.6. The molecule has 4 N–H and O–H groups in total. The second-order valence-corrected chi connectivity index (χ2v) is 32.5. The average Bonchev–Trinajstić information content (AvgIpc) is 1.69. The number of carbonyl (C=O) groups is 2. The molecule has 0 aromatic heterocycles. The summed E-state index contributed by atoms with van der Waals surface area (Å²) in [7, 11) is -3.61. The molecule has 4 aromatic carbocycles.